The molecule has 6 heteroatoms. The zero-order chi connectivity index (χ0) is 13.1. The van der Waals surface area contributed by atoms with E-state index in [2.05, 4.69) is 10.3 Å². The molecule has 98 valence electrons. The molecule has 2 rings (SSSR count). The Hall–Kier alpha value is -1.43. The number of hydrogen-bond acceptors (Lipinski definition) is 4. The molecule has 0 spiro atoms. The molecule has 0 atom stereocenters. The third-order valence-electron chi connectivity index (χ3n) is 3.10. The van der Waals surface area contributed by atoms with Crippen molar-refractivity contribution in [2.75, 3.05) is 0 Å². The lowest BCUT2D eigenvalue weighted by molar-refractivity contribution is -0.146. The van der Waals surface area contributed by atoms with Crippen LogP contribution in [0.1, 0.15) is 30.5 Å². The Kier molecular flexibility index (Phi) is 3.96. The normalized spacial score (nSPS) is 22.3. The van der Waals surface area contributed by atoms with E-state index >= 15 is 0 Å². The summed E-state index contributed by atoms with van der Waals surface area (Å²) in [6, 6.07) is 0.0166. The van der Waals surface area contributed by atoms with Crippen LogP contribution in [0.4, 0.5) is 0 Å². The van der Waals surface area contributed by atoms with Crippen molar-refractivity contribution >= 4 is 23.2 Å². The minimum atomic E-state index is -0.771. The third kappa shape index (κ3) is 3.07. The highest BCUT2D eigenvalue weighted by Gasteiger charge is 2.35. The van der Waals surface area contributed by atoms with Crippen LogP contribution >= 0.6 is 11.3 Å². The van der Waals surface area contributed by atoms with E-state index < -0.39 is 5.97 Å². The summed E-state index contributed by atoms with van der Waals surface area (Å²) < 4.78 is 0. The minimum absolute atomic E-state index is 0.0166. The van der Waals surface area contributed by atoms with Gasteiger partial charge in [-0.1, -0.05) is 6.92 Å². The lowest BCUT2D eigenvalue weighted by atomic mass is 9.80. The van der Waals surface area contributed by atoms with Crippen molar-refractivity contribution in [1.82, 2.24) is 10.3 Å². The standard InChI is InChI=1S/C12H16N2O3S/c1-2-11-14-9(6-18-11)5-10(15)13-8-3-7(4-8)12(16)17/h6-8H,2-5H2,1H3,(H,13,15)(H,16,17). The van der Waals surface area contributed by atoms with Crippen LogP contribution in [0, 0.1) is 5.92 Å². The van der Waals surface area contributed by atoms with Crippen molar-refractivity contribution in [3.63, 3.8) is 0 Å². The number of aromatic nitrogens is 1. The first-order chi connectivity index (χ1) is 8.58. The first kappa shape index (κ1) is 13.0. The Morgan fingerprint density at radius 1 is 1.56 bits per heavy atom. The molecule has 1 aliphatic rings. The van der Waals surface area contributed by atoms with Gasteiger partial charge in [0.2, 0.25) is 5.91 Å². The average Bonchev–Trinajstić information content (AvgIpc) is 2.70. The first-order valence-corrected chi connectivity index (χ1v) is 6.92. The van der Waals surface area contributed by atoms with Crippen LogP contribution in [0.3, 0.4) is 0 Å². The van der Waals surface area contributed by atoms with Crippen molar-refractivity contribution in [1.29, 1.82) is 0 Å². The van der Waals surface area contributed by atoms with Gasteiger partial charge in [-0.25, -0.2) is 4.98 Å². The zero-order valence-corrected chi connectivity index (χ0v) is 11.0. The second kappa shape index (κ2) is 5.48. The summed E-state index contributed by atoms with van der Waals surface area (Å²) >= 11 is 1.57. The number of amides is 1. The van der Waals surface area contributed by atoms with Crippen molar-refractivity contribution in [2.45, 2.75) is 38.6 Å². The highest BCUT2D eigenvalue weighted by atomic mass is 32.1. The Balaban J connectivity index is 1.75. The van der Waals surface area contributed by atoms with Crippen LogP contribution < -0.4 is 5.32 Å². The number of nitrogens with zero attached hydrogens (tertiary/aromatic N) is 1. The maximum Gasteiger partial charge on any atom is 0.306 e. The fourth-order valence-electron chi connectivity index (χ4n) is 1.97. The number of aliphatic carboxylic acids is 1. The minimum Gasteiger partial charge on any atom is -0.481 e. The Bertz CT molecular complexity index is 452. The molecule has 1 aromatic heterocycles. The van der Waals surface area contributed by atoms with E-state index in [4.69, 9.17) is 5.11 Å². The molecule has 2 N–H and O–H groups in total. The number of carboxylic acid groups (broad SMARTS) is 1. The van der Waals surface area contributed by atoms with Crippen LogP contribution in [-0.2, 0) is 22.4 Å². The van der Waals surface area contributed by atoms with Crippen LogP contribution in [-0.4, -0.2) is 28.0 Å². The van der Waals surface area contributed by atoms with Gasteiger partial charge in [-0.15, -0.1) is 11.3 Å². The van der Waals surface area contributed by atoms with Crippen LogP contribution in [0.2, 0.25) is 0 Å². The van der Waals surface area contributed by atoms with Gasteiger partial charge in [0.15, 0.2) is 0 Å². The largest absolute Gasteiger partial charge is 0.481 e. The number of carbonyl (C=O) groups is 2. The Morgan fingerprint density at radius 3 is 2.83 bits per heavy atom. The van der Waals surface area contributed by atoms with Gasteiger partial charge in [0, 0.05) is 11.4 Å². The molecular weight excluding hydrogens is 252 g/mol. The van der Waals surface area contributed by atoms with Crippen molar-refractivity contribution in [2.24, 2.45) is 5.92 Å². The molecular formula is C12H16N2O3S. The molecule has 1 aliphatic carbocycles. The molecule has 18 heavy (non-hydrogen) atoms. The van der Waals surface area contributed by atoms with Gasteiger partial charge in [-0.2, -0.15) is 0 Å². The molecule has 1 aromatic rings. The molecule has 0 unspecified atom stereocenters. The smallest absolute Gasteiger partial charge is 0.306 e. The third-order valence-corrected chi connectivity index (χ3v) is 4.14. The fourth-order valence-corrected chi connectivity index (χ4v) is 2.72. The van der Waals surface area contributed by atoms with E-state index in [0.717, 1.165) is 17.1 Å². The maximum absolute atomic E-state index is 11.7. The fraction of sp³-hybridized carbons (Fsp3) is 0.583. The average molecular weight is 268 g/mol. The number of aryl methyl sites for hydroxylation is 1. The number of rotatable bonds is 5. The summed E-state index contributed by atoms with van der Waals surface area (Å²) in [5, 5.41) is 14.5. The van der Waals surface area contributed by atoms with Gasteiger partial charge < -0.3 is 10.4 Å². The van der Waals surface area contributed by atoms with Crippen molar-refractivity contribution in [3.05, 3.63) is 16.1 Å². The first-order valence-electron chi connectivity index (χ1n) is 6.04. The molecule has 1 heterocycles. The summed E-state index contributed by atoms with van der Waals surface area (Å²) in [7, 11) is 0. The second-order valence-corrected chi connectivity index (χ2v) is 5.48. The number of thiazole rings is 1. The number of carbonyl (C=O) groups excluding carboxylic acids is 1. The zero-order valence-electron chi connectivity index (χ0n) is 10.2. The monoisotopic (exact) mass is 268 g/mol. The summed E-state index contributed by atoms with van der Waals surface area (Å²) in [6.07, 6.45) is 2.25. The van der Waals surface area contributed by atoms with Gasteiger partial charge in [-0.3, -0.25) is 9.59 Å². The van der Waals surface area contributed by atoms with Crippen molar-refractivity contribution < 1.29 is 14.7 Å². The van der Waals surface area contributed by atoms with Crippen LogP contribution in [0.25, 0.3) is 0 Å². The van der Waals surface area contributed by atoms with Gasteiger partial charge in [0.05, 0.1) is 23.0 Å². The van der Waals surface area contributed by atoms with Crippen molar-refractivity contribution in [3.8, 4) is 0 Å². The van der Waals surface area contributed by atoms with Crippen LogP contribution in [0.15, 0.2) is 5.38 Å². The molecule has 0 radical (unpaired) electrons. The highest BCUT2D eigenvalue weighted by molar-refractivity contribution is 7.09. The maximum atomic E-state index is 11.7. The number of nitrogens with one attached hydrogen (secondary N) is 1. The predicted octanol–water partition coefficient (Wildman–Crippen LogP) is 1.23. The van der Waals surface area contributed by atoms with E-state index in [0.29, 0.717) is 12.8 Å². The van der Waals surface area contributed by atoms with E-state index in [-0.39, 0.29) is 24.3 Å². The van der Waals surface area contributed by atoms with Gasteiger partial charge in [0.1, 0.15) is 0 Å². The van der Waals surface area contributed by atoms with E-state index in [9.17, 15) is 9.59 Å². The second-order valence-electron chi connectivity index (χ2n) is 4.53. The number of carboxylic acids is 1. The molecule has 0 aliphatic heterocycles. The lowest BCUT2D eigenvalue weighted by Crippen LogP contribution is -2.47. The quantitative estimate of drug-likeness (QED) is 0.841. The Morgan fingerprint density at radius 2 is 2.28 bits per heavy atom. The van der Waals surface area contributed by atoms with Gasteiger partial charge in [0.25, 0.3) is 0 Å². The molecule has 1 amide bonds. The van der Waals surface area contributed by atoms with Gasteiger partial charge >= 0.3 is 5.97 Å². The predicted molar refractivity (Wildman–Crippen MR) is 67.5 cm³/mol. The van der Waals surface area contributed by atoms with Crippen LogP contribution in [0.5, 0.6) is 0 Å². The molecule has 0 bridgehead atoms. The van der Waals surface area contributed by atoms with Gasteiger partial charge in [-0.05, 0) is 19.3 Å². The molecule has 1 fully saturated rings. The highest BCUT2D eigenvalue weighted by Crippen LogP contribution is 2.27. The molecule has 0 saturated heterocycles. The SMILES string of the molecule is CCc1nc(CC(=O)NC2CC(C(=O)O)C2)cs1. The molecule has 5 nitrogen and oxygen atoms in total. The topological polar surface area (TPSA) is 79.3 Å². The van der Waals surface area contributed by atoms with E-state index in [1.165, 1.54) is 0 Å². The summed E-state index contributed by atoms with van der Waals surface area (Å²) in [4.78, 5) is 26.6. The number of hydrogen-bond donors (Lipinski definition) is 2. The molecule has 0 aromatic carbocycles. The van der Waals surface area contributed by atoms with E-state index in [1.807, 2.05) is 12.3 Å². The van der Waals surface area contributed by atoms with E-state index in [1.54, 1.807) is 11.3 Å². The summed E-state index contributed by atoms with van der Waals surface area (Å²) in [5.41, 5.74) is 0.795. The lowest BCUT2D eigenvalue weighted by Gasteiger charge is -2.32. The Labute approximate surface area is 109 Å². The molecule has 1 saturated carbocycles. The summed E-state index contributed by atoms with van der Waals surface area (Å²) in [5.74, 6) is -1.13. The summed E-state index contributed by atoms with van der Waals surface area (Å²) in [6.45, 7) is 2.03.